The maximum atomic E-state index is 11.6. The summed E-state index contributed by atoms with van der Waals surface area (Å²) in [4.78, 5) is 22.9. The van der Waals surface area contributed by atoms with Gasteiger partial charge in [-0.25, -0.2) is 15.8 Å². The topological polar surface area (TPSA) is 87.4 Å². The highest BCUT2D eigenvalue weighted by Gasteiger charge is 2.15. The van der Waals surface area contributed by atoms with Crippen LogP contribution in [-0.4, -0.2) is 48.5 Å². The van der Waals surface area contributed by atoms with Crippen LogP contribution in [0.4, 0.5) is 11.6 Å². The maximum absolute atomic E-state index is 11.6. The van der Waals surface area contributed by atoms with Crippen molar-refractivity contribution in [2.75, 3.05) is 38.0 Å². The number of nitrogens with one attached hydrogen (secondary N) is 1. The number of aromatic nitrogens is 2. The molecule has 1 aromatic heterocycles. The minimum absolute atomic E-state index is 0.0136. The molecule has 3 N–H and O–H groups in total. The number of rotatable bonds is 4. The Balaban J connectivity index is 2.89. The van der Waals surface area contributed by atoms with E-state index < -0.39 is 0 Å². The van der Waals surface area contributed by atoms with Crippen molar-refractivity contribution in [2.45, 2.75) is 0 Å². The number of nitrogen functional groups attached to an aromatic ring is 1. The lowest BCUT2D eigenvalue weighted by Crippen LogP contribution is -2.35. The van der Waals surface area contributed by atoms with Gasteiger partial charge in [-0.15, -0.1) is 0 Å². The first-order chi connectivity index (χ1) is 7.97. The Morgan fingerprint density at radius 2 is 2.12 bits per heavy atom. The van der Waals surface area contributed by atoms with Crippen molar-refractivity contribution in [1.29, 1.82) is 0 Å². The van der Waals surface area contributed by atoms with Crippen LogP contribution in [-0.2, 0) is 4.79 Å². The van der Waals surface area contributed by atoms with E-state index in [-0.39, 0.29) is 12.5 Å². The lowest BCUT2D eigenvalue weighted by molar-refractivity contribution is -0.127. The zero-order valence-corrected chi connectivity index (χ0v) is 11.5. The molecule has 8 heteroatoms. The Morgan fingerprint density at radius 1 is 1.47 bits per heavy atom. The van der Waals surface area contributed by atoms with Gasteiger partial charge in [0.15, 0.2) is 5.82 Å². The van der Waals surface area contributed by atoms with Crippen molar-refractivity contribution in [3.8, 4) is 0 Å². The van der Waals surface area contributed by atoms with Gasteiger partial charge in [0.05, 0.1) is 6.54 Å². The van der Waals surface area contributed by atoms with E-state index >= 15 is 0 Å². The zero-order valence-electron chi connectivity index (χ0n) is 9.94. The molecule has 0 aliphatic rings. The molecule has 0 aliphatic carbocycles. The number of nitrogens with two attached hydrogens (primary N) is 1. The molecule has 1 heterocycles. The summed E-state index contributed by atoms with van der Waals surface area (Å²) in [7, 11) is 5.19. The van der Waals surface area contributed by atoms with Crippen LogP contribution in [0.5, 0.6) is 0 Å². The first-order valence-electron chi connectivity index (χ1n) is 4.85. The quantitative estimate of drug-likeness (QED) is 0.604. The summed E-state index contributed by atoms with van der Waals surface area (Å²) in [5.74, 6) is 6.36. The van der Waals surface area contributed by atoms with Crippen LogP contribution in [0.25, 0.3) is 0 Å². The highest BCUT2D eigenvalue weighted by atomic mass is 79.9. The van der Waals surface area contributed by atoms with Gasteiger partial charge in [-0.1, -0.05) is 0 Å². The lowest BCUT2D eigenvalue weighted by atomic mass is 10.4. The van der Waals surface area contributed by atoms with Crippen LogP contribution in [0.3, 0.4) is 0 Å². The predicted molar refractivity (Wildman–Crippen MR) is 69.5 cm³/mol. The van der Waals surface area contributed by atoms with Gasteiger partial charge in [0, 0.05) is 21.1 Å². The molecule has 0 aliphatic heterocycles. The number of hydrazine groups is 1. The average molecular weight is 303 g/mol. The van der Waals surface area contributed by atoms with Crippen molar-refractivity contribution in [3.63, 3.8) is 0 Å². The van der Waals surface area contributed by atoms with E-state index in [1.54, 1.807) is 26.0 Å². The van der Waals surface area contributed by atoms with E-state index in [0.29, 0.717) is 16.1 Å². The molecule has 0 radical (unpaired) electrons. The SMILES string of the molecule is CN(C)C(=O)CN(C)c1ncnc(NN)c1Br. The monoisotopic (exact) mass is 302 g/mol. The molecule has 0 spiro atoms. The number of amides is 1. The van der Waals surface area contributed by atoms with Crippen LogP contribution in [0.15, 0.2) is 10.8 Å². The molecular weight excluding hydrogens is 288 g/mol. The highest BCUT2D eigenvalue weighted by Crippen LogP contribution is 2.27. The second kappa shape index (κ2) is 5.78. The first kappa shape index (κ1) is 13.7. The lowest BCUT2D eigenvalue weighted by Gasteiger charge is -2.21. The Kier molecular flexibility index (Phi) is 4.64. The third kappa shape index (κ3) is 3.27. The minimum Gasteiger partial charge on any atom is -0.349 e. The number of hydrogen-bond donors (Lipinski definition) is 2. The number of carbonyl (C=O) groups excluding carboxylic acids is 1. The number of nitrogens with zero attached hydrogens (tertiary/aromatic N) is 4. The van der Waals surface area contributed by atoms with Gasteiger partial charge in [0.25, 0.3) is 0 Å². The average Bonchev–Trinajstić information content (AvgIpc) is 2.28. The summed E-state index contributed by atoms with van der Waals surface area (Å²) in [5.41, 5.74) is 2.45. The Morgan fingerprint density at radius 3 is 2.65 bits per heavy atom. The van der Waals surface area contributed by atoms with Crippen molar-refractivity contribution < 1.29 is 4.79 Å². The molecule has 17 heavy (non-hydrogen) atoms. The molecule has 94 valence electrons. The fourth-order valence-corrected chi connectivity index (χ4v) is 1.77. The number of halogens is 1. The second-order valence-electron chi connectivity index (χ2n) is 3.65. The molecule has 0 aromatic carbocycles. The fraction of sp³-hybridized carbons (Fsp3) is 0.444. The van der Waals surface area contributed by atoms with Crippen LogP contribution in [0.2, 0.25) is 0 Å². The molecule has 0 saturated carbocycles. The molecule has 1 amide bonds. The van der Waals surface area contributed by atoms with Crippen LogP contribution in [0, 0.1) is 0 Å². The van der Waals surface area contributed by atoms with E-state index in [9.17, 15) is 4.79 Å². The number of likely N-dealkylation sites (N-methyl/N-ethyl adjacent to an activating group) is 2. The highest BCUT2D eigenvalue weighted by molar-refractivity contribution is 9.10. The Labute approximate surface area is 108 Å². The van der Waals surface area contributed by atoms with Gasteiger partial charge in [-0.3, -0.25) is 4.79 Å². The smallest absolute Gasteiger partial charge is 0.241 e. The largest absolute Gasteiger partial charge is 0.349 e. The summed E-state index contributed by atoms with van der Waals surface area (Å²) >= 11 is 3.33. The molecule has 0 bridgehead atoms. The number of anilines is 2. The molecule has 1 aromatic rings. The van der Waals surface area contributed by atoms with Crippen molar-refractivity contribution in [2.24, 2.45) is 5.84 Å². The van der Waals surface area contributed by atoms with Crippen LogP contribution in [0.1, 0.15) is 0 Å². The van der Waals surface area contributed by atoms with Crippen LogP contribution >= 0.6 is 15.9 Å². The third-order valence-corrected chi connectivity index (χ3v) is 2.87. The second-order valence-corrected chi connectivity index (χ2v) is 4.44. The molecular formula is C9H15BrN6O. The molecule has 0 unspecified atom stereocenters. The molecule has 0 fully saturated rings. The van der Waals surface area contributed by atoms with E-state index in [4.69, 9.17) is 5.84 Å². The van der Waals surface area contributed by atoms with E-state index in [1.165, 1.54) is 11.2 Å². The van der Waals surface area contributed by atoms with E-state index in [0.717, 1.165) is 0 Å². The van der Waals surface area contributed by atoms with E-state index in [2.05, 4.69) is 31.3 Å². The Bertz CT molecular complexity index is 410. The summed E-state index contributed by atoms with van der Waals surface area (Å²) in [6, 6.07) is 0. The zero-order chi connectivity index (χ0) is 13.0. The molecule has 0 atom stereocenters. The normalized spacial score (nSPS) is 9.94. The minimum atomic E-state index is -0.0136. The standard InChI is InChI=1S/C9H15BrN6O/c1-15(2)6(17)4-16(3)9-7(10)8(14-11)12-5-13-9/h5H,4,11H2,1-3H3,(H,12,13,14). The first-order valence-corrected chi connectivity index (χ1v) is 5.65. The van der Waals surface area contributed by atoms with E-state index in [1.807, 2.05) is 0 Å². The number of hydrogen-bond acceptors (Lipinski definition) is 6. The maximum Gasteiger partial charge on any atom is 0.241 e. The van der Waals surface area contributed by atoms with Gasteiger partial charge in [-0.05, 0) is 15.9 Å². The summed E-state index contributed by atoms with van der Waals surface area (Å²) in [5, 5.41) is 0. The van der Waals surface area contributed by atoms with Crippen molar-refractivity contribution >= 4 is 33.5 Å². The van der Waals surface area contributed by atoms with Crippen molar-refractivity contribution in [3.05, 3.63) is 10.8 Å². The summed E-state index contributed by atoms with van der Waals surface area (Å²) in [6.07, 6.45) is 1.38. The predicted octanol–water partition coefficient (Wildman–Crippen LogP) is 0.0491. The Hall–Kier alpha value is -1.41. The fourth-order valence-electron chi connectivity index (χ4n) is 1.15. The summed E-state index contributed by atoms with van der Waals surface area (Å²) < 4.78 is 0.622. The number of carbonyl (C=O) groups is 1. The van der Waals surface area contributed by atoms with Gasteiger partial charge < -0.3 is 15.2 Å². The van der Waals surface area contributed by atoms with Gasteiger partial charge in [0.2, 0.25) is 5.91 Å². The van der Waals surface area contributed by atoms with Gasteiger partial charge in [0.1, 0.15) is 16.6 Å². The third-order valence-electron chi connectivity index (χ3n) is 2.14. The molecule has 0 saturated heterocycles. The van der Waals surface area contributed by atoms with Crippen LogP contribution < -0.4 is 16.2 Å². The van der Waals surface area contributed by atoms with Gasteiger partial charge in [-0.2, -0.15) is 0 Å². The molecule has 1 rings (SSSR count). The van der Waals surface area contributed by atoms with Crippen molar-refractivity contribution in [1.82, 2.24) is 14.9 Å². The molecule has 7 nitrogen and oxygen atoms in total. The van der Waals surface area contributed by atoms with Gasteiger partial charge >= 0.3 is 0 Å². The summed E-state index contributed by atoms with van der Waals surface area (Å²) in [6.45, 7) is 0.229.